The van der Waals surface area contributed by atoms with Gasteiger partial charge in [-0.15, -0.1) is 0 Å². The number of rotatable bonds is 1. The van der Waals surface area contributed by atoms with E-state index in [4.69, 9.17) is 20.9 Å². The first kappa shape index (κ1) is 15.6. The zero-order chi connectivity index (χ0) is 15.3. The van der Waals surface area contributed by atoms with Gasteiger partial charge in [0.25, 0.3) is 0 Å². The molecule has 1 aliphatic heterocycles. The molecule has 1 fully saturated rings. The van der Waals surface area contributed by atoms with Crippen LogP contribution in [0.1, 0.15) is 33.3 Å². The Labute approximate surface area is 120 Å². The molecule has 0 radical (unpaired) electrons. The lowest BCUT2D eigenvalue weighted by molar-refractivity contribution is -0.136. The van der Waals surface area contributed by atoms with Crippen LogP contribution in [0.25, 0.3) is 0 Å². The van der Waals surface area contributed by atoms with E-state index in [2.05, 4.69) is 4.98 Å². The minimum absolute atomic E-state index is 0.166. The number of pyridine rings is 1. The van der Waals surface area contributed by atoms with Crippen molar-refractivity contribution in [2.45, 2.75) is 45.1 Å². The van der Waals surface area contributed by atoms with Gasteiger partial charge in [0, 0.05) is 11.7 Å². The second kappa shape index (κ2) is 4.61. The first-order valence-corrected chi connectivity index (χ1v) is 6.40. The topological polar surface area (TPSA) is 31.4 Å². The van der Waals surface area contributed by atoms with E-state index in [1.54, 1.807) is 27.7 Å². The third-order valence-electron chi connectivity index (χ3n) is 3.71. The van der Waals surface area contributed by atoms with Crippen LogP contribution in [-0.2, 0) is 15.5 Å². The zero-order valence-electron chi connectivity index (χ0n) is 11.5. The largest absolute Gasteiger partial charge is 0.497 e. The van der Waals surface area contributed by atoms with E-state index in [0.29, 0.717) is 0 Å². The number of hydrogen-bond acceptors (Lipinski definition) is 3. The summed E-state index contributed by atoms with van der Waals surface area (Å²) in [5.74, 6) is 0. The fraction of sp³-hybridized carbons (Fsp3) is 0.583. The smallest absolute Gasteiger partial charge is 0.399 e. The van der Waals surface area contributed by atoms with Crippen molar-refractivity contribution in [2.24, 2.45) is 0 Å². The van der Waals surface area contributed by atoms with Crippen molar-refractivity contribution in [2.75, 3.05) is 0 Å². The summed E-state index contributed by atoms with van der Waals surface area (Å²) in [5.41, 5.74) is -2.50. The molecule has 1 aromatic rings. The van der Waals surface area contributed by atoms with Gasteiger partial charge in [-0.2, -0.15) is 13.2 Å². The highest BCUT2D eigenvalue weighted by Gasteiger charge is 2.53. The van der Waals surface area contributed by atoms with Crippen LogP contribution in [0, 0.1) is 0 Å². The van der Waals surface area contributed by atoms with E-state index >= 15 is 0 Å². The summed E-state index contributed by atoms with van der Waals surface area (Å²) >= 11 is 5.55. The van der Waals surface area contributed by atoms with Crippen molar-refractivity contribution < 1.29 is 22.5 Å². The second-order valence-electron chi connectivity index (χ2n) is 5.68. The molecule has 0 aromatic carbocycles. The second-order valence-corrected chi connectivity index (χ2v) is 6.07. The summed E-state index contributed by atoms with van der Waals surface area (Å²) in [4.78, 5) is 3.70. The maximum absolute atomic E-state index is 13.1. The Hall–Kier alpha value is -0.785. The molecule has 0 bridgehead atoms. The van der Waals surface area contributed by atoms with Gasteiger partial charge in [0.15, 0.2) is 0 Å². The number of halogens is 4. The highest BCUT2D eigenvalue weighted by atomic mass is 35.5. The van der Waals surface area contributed by atoms with Gasteiger partial charge in [-0.1, -0.05) is 11.6 Å². The Kier molecular flexibility index (Phi) is 3.60. The quantitative estimate of drug-likeness (QED) is 0.590. The average Bonchev–Trinajstić information content (AvgIpc) is 2.46. The molecule has 110 valence electrons. The van der Waals surface area contributed by atoms with Crippen LogP contribution in [-0.4, -0.2) is 23.3 Å². The molecule has 1 saturated heterocycles. The van der Waals surface area contributed by atoms with Crippen molar-refractivity contribution in [1.82, 2.24) is 4.98 Å². The third-order valence-corrected chi connectivity index (χ3v) is 3.92. The average molecular weight is 308 g/mol. The molecule has 1 aromatic heterocycles. The van der Waals surface area contributed by atoms with Gasteiger partial charge in [-0.3, -0.25) is 0 Å². The van der Waals surface area contributed by atoms with Crippen LogP contribution in [0.2, 0.25) is 5.15 Å². The van der Waals surface area contributed by atoms with Crippen LogP contribution in [0.3, 0.4) is 0 Å². The van der Waals surface area contributed by atoms with E-state index < -0.39 is 30.1 Å². The molecular weight excluding hydrogens is 293 g/mol. The van der Waals surface area contributed by atoms with Gasteiger partial charge in [0.05, 0.1) is 16.8 Å². The first-order chi connectivity index (χ1) is 8.94. The molecule has 0 aliphatic carbocycles. The summed E-state index contributed by atoms with van der Waals surface area (Å²) in [5, 5.41) is -0.224. The monoisotopic (exact) mass is 307 g/mol. The summed E-state index contributed by atoms with van der Waals surface area (Å²) in [6.45, 7) is 7.07. The molecule has 3 nitrogen and oxygen atoms in total. The zero-order valence-corrected chi connectivity index (χ0v) is 12.3. The van der Waals surface area contributed by atoms with Crippen molar-refractivity contribution in [3.63, 3.8) is 0 Å². The fourth-order valence-electron chi connectivity index (χ4n) is 1.84. The Balaban J connectivity index is 2.46. The van der Waals surface area contributed by atoms with E-state index in [1.165, 1.54) is 0 Å². The standard InChI is InChI=1S/C12H14BClF3NO2/c1-10(2)11(3,4)20-13(19-10)8-6-18-9(14)5-7(8)12(15,16)17/h5-6H,1-4H3. The number of hydrogen-bond donors (Lipinski definition) is 0. The molecule has 2 heterocycles. The molecule has 8 heteroatoms. The summed E-state index contributed by atoms with van der Waals surface area (Å²) in [7, 11) is -1.12. The van der Waals surface area contributed by atoms with Gasteiger partial charge in [-0.25, -0.2) is 4.98 Å². The summed E-state index contributed by atoms with van der Waals surface area (Å²) in [6, 6.07) is 0.780. The SMILES string of the molecule is CC1(C)OB(c2cnc(Cl)cc2C(F)(F)F)OC1(C)C. The molecule has 0 spiro atoms. The van der Waals surface area contributed by atoms with E-state index in [-0.39, 0.29) is 10.6 Å². The first-order valence-electron chi connectivity index (χ1n) is 6.02. The van der Waals surface area contributed by atoms with Crippen LogP contribution in [0.15, 0.2) is 12.3 Å². The maximum atomic E-state index is 13.1. The lowest BCUT2D eigenvalue weighted by Gasteiger charge is -2.32. The van der Waals surface area contributed by atoms with E-state index in [1.807, 2.05) is 0 Å². The lowest BCUT2D eigenvalue weighted by atomic mass is 9.77. The molecular formula is C12H14BClF3NO2. The maximum Gasteiger partial charge on any atom is 0.497 e. The molecule has 2 rings (SSSR count). The van der Waals surface area contributed by atoms with Crippen molar-refractivity contribution in [1.29, 1.82) is 0 Å². The molecule has 0 atom stereocenters. The Morgan fingerprint density at radius 3 is 2.10 bits per heavy atom. The van der Waals surface area contributed by atoms with Crippen LogP contribution in [0.4, 0.5) is 13.2 Å². The molecule has 0 saturated carbocycles. The minimum Gasteiger partial charge on any atom is -0.399 e. The minimum atomic E-state index is -4.55. The molecule has 0 amide bonds. The van der Waals surface area contributed by atoms with Gasteiger partial charge < -0.3 is 9.31 Å². The number of aromatic nitrogens is 1. The number of alkyl halides is 3. The predicted octanol–water partition coefficient (Wildman–Crippen LogP) is 3.05. The molecule has 0 N–H and O–H groups in total. The Bertz CT molecular complexity index is 518. The summed E-state index contributed by atoms with van der Waals surface area (Å²) in [6.07, 6.45) is -3.50. The van der Waals surface area contributed by atoms with Crippen LogP contribution in [0.5, 0.6) is 0 Å². The number of nitrogens with zero attached hydrogens (tertiary/aromatic N) is 1. The predicted molar refractivity (Wildman–Crippen MR) is 70.0 cm³/mol. The van der Waals surface area contributed by atoms with E-state index in [0.717, 1.165) is 12.3 Å². The van der Waals surface area contributed by atoms with Gasteiger partial charge in [0.1, 0.15) is 5.15 Å². The van der Waals surface area contributed by atoms with Crippen molar-refractivity contribution in [3.8, 4) is 0 Å². The Morgan fingerprint density at radius 1 is 1.15 bits per heavy atom. The molecule has 20 heavy (non-hydrogen) atoms. The molecule has 1 aliphatic rings. The Morgan fingerprint density at radius 2 is 1.65 bits per heavy atom. The van der Waals surface area contributed by atoms with Gasteiger partial charge >= 0.3 is 13.3 Å². The molecule has 0 unspecified atom stereocenters. The highest BCUT2D eigenvalue weighted by molar-refractivity contribution is 6.62. The van der Waals surface area contributed by atoms with Crippen molar-refractivity contribution >= 4 is 24.2 Å². The van der Waals surface area contributed by atoms with Crippen molar-refractivity contribution in [3.05, 3.63) is 23.0 Å². The van der Waals surface area contributed by atoms with Gasteiger partial charge in [-0.05, 0) is 33.8 Å². The van der Waals surface area contributed by atoms with E-state index in [9.17, 15) is 13.2 Å². The fourth-order valence-corrected chi connectivity index (χ4v) is 2.00. The van der Waals surface area contributed by atoms with Crippen LogP contribution < -0.4 is 5.46 Å². The normalized spacial score (nSPS) is 21.3. The third kappa shape index (κ3) is 2.66. The highest BCUT2D eigenvalue weighted by Crippen LogP contribution is 2.38. The summed E-state index contributed by atoms with van der Waals surface area (Å²) < 4.78 is 50.4. The lowest BCUT2D eigenvalue weighted by Crippen LogP contribution is -2.41. The van der Waals surface area contributed by atoms with Crippen LogP contribution >= 0.6 is 11.6 Å². The van der Waals surface area contributed by atoms with Gasteiger partial charge in [0.2, 0.25) is 0 Å².